The smallest absolute Gasteiger partial charge is 0.254 e. The summed E-state index contributed by atoms with van der Waals surface area (Å²) in [6.45, 7) is 1.34. The zero-order valence-corrected chi connectivity index (χ0v) is 10.5. The Morgan fingerprint density at radius 1 is 1.32 bits per heavy atom. The Labute approximate surface area is 113 Å². The van der Waals surface area contributed by atoms with Crippen LogP contribution in [0.15, 0.2) is 12.1 Å². The minimum atomic E-state index is -1.57. The summed E-state index contributed by atoms with van der Waals surface area (Å²) in [4.78, 5) is 11.7. The molecule has 0 aliphatic carbocycles. The highest BCUT2D eigenvalue weighted by Gasteiger charge is 2.22. The molecule has 1 aromatic carbocycles. The van der Waals surface area contributed by atoms with E-state index in [1.54, 1.807) is 0 Å². The summed E-state index contributed by atoms with van der Waals surface area (Å²) in [5.41, 5.74) is -0.148. The molecule has 2 N–H and O–H groups in total. The van der Waals surface area contributed by atoms with Gasteiger partial charge in [0.1, 0.15) is 6.10 Å². The van der Waals surface area contributed by atoms with Crippen molar-refractivity contribution < 1.29 is 22.7 Å². The van der Waals surface area contributed by atoms with Gasteiger partial charge in [0.15, 0.2) is 17.5 Å². The monoisotopic (exact) mass is 296 g/mol. The third-order valence-electron chi connectivity index (χ3n) is 2.47. The highest BCUT2D eigenvalue weighted by molar-refractivity contribution is 5.94. The predicted octanol–water partition coefficient (Wildman–Crippen LogP) is 1.45. The van der Waals surface area contributed by atoms with Gasteiger partial charge in [-0.15, -0.1) is 12.4 Å². The standard InChI is InChI=1S/C11H11F3N2O2.ClH/c12-7-3-6(4-8(13)10(7)14)16-11(17)9-5-15-1-2-18-9;/h3-4,9,15H,1-2,5H2,(H,16,17);1H. The fourth-order valence-corrected chi connectivity index (χ4v) is 1.58. The number of hydrogen-bond donors (Lipinski definition) is 2. The molecule has 0 saturated carbocycles. The molecule has 4 nitrogen and oxygen atoms in total. The Bertz CT molecular complexity index is 444. The molecule has 0 aromatic heterocycles. The molecule has 1 aliphatic rings. The predicted molar refractivity (Wildman–Crippen MR) is 64.8 cm³/mol. The SMILES string of the molecule is Cl.O=C(Nc1cc(F)c(F)c(F)c1)C1CNCCO1. The summed E-state index contributed by atoms with van der Waals surface area (Å²) in [5, 5.41) is 5.21. The minimum absolute atomic E-state index is 0. The summed E-state index contributed by atoms with van der Waals surface area (Å²) >= 11 is 0. The van der Waals surface area contributed by atoms with Gasteiger partial charge in [0, 0.05) is 30.9 Å². The summed E-state index contributed by atoms with van der Waals surface area (Å²) in [7, 11) is 0. The van der Waals surface area contributed by atoms with Crippen molar-refractivity contribution in [3.63, 3.8) is 0 Å². The normalized spacial score (nSPS) is 18.6. The molecular weight excluding hydrogens is 285 g/mol. The van der Waals surface area contributed by atoms with Crippen molar-refractivity contribution in [1.82, 2.24) is 5.32 Å². The van der Waals surface area contributed by atoms with Crippen molar-refractivity contribution in [2.45, 2.75) is 6.10 Å². The zero-order chi connectivity index (χ0) is 13.1. The Morgan fingerprint density at radius 2 is 1.95 bits per heavy atom. The second kappa shape index (κ2) is 6.74. The first-order valence-electron chi connectivity index (χ1n) is 5.35. The first-order valence-corrected chi connectivity index (χ1v) is 5.35. The van der Waals surface area contributed by atoms with Crippen LogP contribution in [0.25, 0.3) is 0 Å². The van der Waals surface area contributed by atoms with Crippen LogP contribution >= 0.6 is 12.4 Å². The highest BCUT2D eigenvalue weighted by Crippen LogP contribution is 2.17. The third-order valence-corrected chi connectivity index (χ3v) is 2.47. The van der Waals surface area contributed by atoms with Crippen molar-refractivity contribution in [1.29, 1.82) is 0 Å². The number of benzene rings is 1. The molecule has 8 heteroatoms. The average Bonchev–Trinajstić information content (AvgIpc) is 2.37. The fourth-order valence-electron chi connectivity index (χ4n) is 1.58. The number of carbonyl (C=O) groups excluding carboxylic acids is 1. The molecule has 1 unspecified atom stereocenters. The number of morpholine rings is 1. The van der Waals surface area contributed by atoms with Crippen LogP contribution in [0.3, 0.4) is 0 Å². The number of rotatable bonds is 2. The van der Waals surface area contributed by atoms with Gasteiger partial charge in [0.05, 0.1) is 6.61 Å². The third kappa shape index (κ3) is 3.82. The van der Waals surface area contributed by atoms with Crippen LogP contribution in [0.5, 0.6) is 0 Å². The summed E-state index contributed by atoms with van der Waals surface area (Å²) in [6.07, 6.45) is -0.727. The van der Waals surface area contributed by atoms with Gasteiger partial charge in [-0.05, 0) is 0 Å². The lowest BCUT2D eigenvalue weighted by molar-refractivity contribution is -0.128. The molecule has 106 valence electrons. The van der Waals surface area contributed by atoms with E-state index in [1.165, 1.54) is 0 Å². The highest BCUT2D eigenvalue weighted by atomic mass is 35.5. The summed E-state index contributed by atoms with van der Waals surface area (Å²) in [6, 6.07) is 1.43. The van der Waals surface area contributed by atoms with Gasteiger partial charge in [0.2, 0.25) is 0 Å². The van der Waals surface area contributed by atoms with Crippen molar-refractivity contribution >= 4 is 24.0 Å². The summed E-state index contributed by atoms with van der Waals surface area (Å²) < 4.78 is 43.7. The van der Waals surface area contributed by atoms with Gasteiger partial charge in [-0.2, -0.15) is 0 Å². The van der Waals surface area contributed by atoms with Crippen LogP contribution in [0.2, 0.25) is 0 Å². The first kappa shape index (κ1) is 15.7. The molecule has 1 heterocycles. The number of nitrogens with one attached hydrogen (secondary N) is 2. The minimum Gasteiger partial charge on any atom is -0.366 e. The van der Waals surface area contributed by atoms with Gasteiger partial charge in [0.25, 0.3) is 5.91 Å². The molecular formula is C11H12ClF3N2O2. The Hall–Kier alpha value is -1.31. The Kier molecular flexibility index (Phi) is 5.59. The van der Waals surface area contributed by atoms with Crippen LogP contribution in [-0.2, 0) is 9.53 Å². The quantitative estimate of drug-likeness (QED) is 0.812. The molecule has 1 aromatic rings. The van der Waals surface area contributed by atoms with E-state index < -0.39 is 29.5 Å². The fraction of sp³-hybridized carbons (Fsp3) is 0.364. The van der Waals surface area contributed by atoms with Crippen molar-refractivity contribution in [2.24, 2.45) is 0 Å². The number of anilines is 1. The molecule has 0 bridgehead atoms. The van der Waals surface area contributed by atoms with E-state index in [2.05, 4.69) is 10.6 Å². The molecule has 0 spiro atoms. The topological polar surface area (TPSA) is 50.4 Å². The van der Waals surface area contributed by atoms with Gasteiger partial charge < -0.3 is 15.4 Å². The van der Waals surface area contributed by atoms with E-state index in [0.29, 0.717) is 31.8 Å². The van der Waals surface area contributed by atoms with E-state index in [1.807, 2.05) is 0 Å². The van der Waals surface area contributed by atoms with Gasteiger partial charge >= 0.3 is 0 Å². The van der Waals surface area contributed by atoms with Crippen LogP contribution < -0.4 is 10.6 Å². The molecule has 1 aliphatic heterocycles. The zero-order valence-electron chi connectivity index (χ0n) is 9.71. The van der Waals surface area contributed by atoms with Crippen LogP contribution in [0, 0.1) is 17.5 Å². The molecule has 0 radical (unpaired) electrons. The van der Waals surface area contributed by atoms with Crippen LogP contribution in [0.4, 0.5) is 18.9 Å². The maximum absolute atomic E-state index is 12.9. The summed E-state index contributed by atoms with van der Waals surface area (Å²) in [5.74, 6) is -4.81. The maximum Gasteiger partial charge on any atom is 0.254 e. The lowest BCUT2D eigenvalue weighted by Crippen LogP contribution is -2.45. The van der Waals surface area contributed by atoms with Crippen molar-refractivity contribution in [3.05, 3.63) is 29.6 Å². The second-order valence-corrected chi connectivity index (χ2v) is 3.81. The Balaban J connectivity index is 0.00000180. The van der Waals surface area contributed by atoms with Gasteiger partial charge in [-0.25, -0.2) is 13.2 Å². The number of halogens is 4. The first-order chi connectivity index (χ1) is 8.58. The number of ether oxygens (including phenoxy) is 1. The molecule has 1 fully saturated rings. The van der Waals surface area contributed by atoms with Crippen molar-refractivity contribution in [2.75, 3.05) is 25.0 Å². The lowest BCUT2D eigenvalue weighted by Gasteiger charge is -2.22. The molecule has 1 atom stereocenters. The lowest BCUT2D eigenvalue weighted by atomic mass is 10.2. The van der Waals surface area contributed by atoms with E-state index in [4.69, 9.17) is 4.74 Å². The van der Waals surface area contributed by atoms with E-state index in [0.717, 1.165) is 0 Å². The Morgan fingerprint density at radius 3 is 2.47 bits per heavy atom. The average molecular weight is 297 g/mol. The molecule has 2 rings (SSSR count). The number of amides is 1. The number of hydrogen-bond acceptors (Lipinski definition) is 3. The molecule has 1 saturated heterocycles. The van der Waals surface area contributed by atoms with Crippen LogP contribution in [-0.4, -0.2) is 31.7 Å². The van der Waals surface area contributed by atoms with Crippen molar-refractivity contribution in [3.8, 4) is 0 Å². The maximum atomic E-state index is 12.9. The van der Waals surface area contributed by atoms with E-state index in [-0.39, 0.29) is 18.1 Å². The van der Waals surface area contributed by atoms with Gasteiger partial charge in [-0.1, -0.05) is 0 Å². The van der Waals surface area contributed by atoms with E-state index >= 15 is 0 Å². The number of carbonyl (C=O) groups is 1. The largest absolute Gasteiger partial charge is 0.366 e. The second-order valence-electron chi connectivity index (χ2n) is 3.81. The molecule has 1 amide bonds. The van der Waals surface area contributed by atoms with E-state index in [9.17, 15) is 18.0 Å². The van der Waals surface area contributed by atoms with Gasteiger partial charge in [-0.3, -0.25) is 4.79 Å². The van der Waals surface area contributed by atoms with Crippen LogP contribution in [0.1, 0.15) is 0 Å². The molecule has 19 heavy (non-hydrogen) atoms.